The Morgan fingerprint density at radius 3 is 2.74 bits per heavy atom. The number of likely N-dealkylation sites (N-methyl/N-ethyl adjacent to an activating group) is 1. The fourth-order valence-electron chi connectivity index (χ4n) is 3.76. The van der Waals surface area contributed by atoms with E-state index in [-0.39, 0.29) is 5.56 Å². The standard InChI is InChI=1S/C21H27N5O/c1-3-16-13-17-6-7-18(22-20(17)23-21(16)27)14-25-9-11-26(12-10-25)19-5-4-8-24(2)15-19/h4-7,13,15H,3,8-12,14H2,1-2H3,(H,22,23,27). The summed E-state index contributed by atoms with van der Waals surface area (Å²) in [5.74, 6) is 0. The van der Waals surface area contributed by atoms with Crippen molar-refractivity contribution in [3.8, 4) is 0 Å². The molecule has 1 fully saturated rings. The highest BCUT2D eigenvalue weighted by Gasteiger charge is 2.19. The van der Waals surface area contributed by atoms with Gasteiger partial charge in [-0.05, 0) is 30.7 Å². The number of H-pyrrole nitrogens is 1. The van der Waals surface area contributed by atoms with Gasteiger partial charge in [0.1, 0.15) is 5.65 Å². The Balaban J connectivity index is 1.41. The van der Waals surface area contributed by atoms with Crippen LogP contribution in [0.15, 0.2) is 47.0 Å². The molecule has 1 saturated heterocycles. The average Bonchev–Trinajstić information content (AvgIpc) is 2.68. The Bertz CT molecular complexity index is 937. The maximum Gasteiger partial charge on any atom is 0.252 e. The van der Waals surface area contributed by atoms with Crippen molar-refractivity contribution < 1.29 is 0 Å². The summed E-state index contributed by atoms with van der Waals surface area (Å²) in [6.07, 6.45) is 7.40. The van der Waals surface area contributed by atoms with Crippen molar-refractivity contribution in [3.63, 3.8) is 0 Å². The predicted octanol–water partition coefficient (Wildman–Crippen LogP) is 1.95. The summed E-state index contributed by atoms with van der Waals surface area (Å²) in [5.41, 5.74) is 3.78. The van der Waals surface area contributed by atoms with E-state index in [0.717, 1.165) is 62.3 Å². The van der Waals surface area contributed by atoms with Crippen LogP contribution in [0.25, 0.3) is 11.0 Å². The van der Waals surface area contributed by atoms with Gasteiger partial charge in [-0.25, -0.2) is 4.98 Å². The van der Waals surface area contributed by atoms with Crippen LogP contribution in [0.5, 0.6) is 0 Å². The van der Waals surface area contributed by atoms with Crippen molar-refractivity contribution in [2.24, 2.45) is 0 Å². The molecule has 0 spiro atoms. The summed E-state index contributed by atoms with van der Waals surface area (Å²) >= 11 is 0. The Morgan fingerprint density at radius 1 is 1.19 bits per heavy atom. The quantitative estimate of drug-likeness (QED) is 0.898. The van der Waals surface area contributed by atoms with Crippen LogP contribution in [0.2, 0.25) is 0 Å². The van der Waals surface area contributed by atoms with E-state index >= 15 is 0 Å². The molecule has 0 radical (unpaired) electrons. The van der Waals surface area contributed by atoms with Crippen molar-refractivity contribution in [2.75, 3.05) is 39.8 Å². The maximum absolute atomic E-state index is 12.0. The van der Waals surface area contributed by atoms with E-state index in [1.165, 1.54) is 5.70 Å². The zero-order valence-corrected chi connectivity index (χ0v) is 16.1. The number of allylic oxidation sites excluding steroid dienone is 1. The molecule has 27 heavy (non-hydrogen) atoms. The molecular weight excluding hydrogens is 338 g/mol. The first-order chi connectivity index (χ1) is 13.1. The predicted molar refractivity (Wildman–Crippen MR) is 108 cm³/mol. The molecule has 0 aromatic carbocycles. The summed E-state index contributed by atoms with van der Waals surface area (Å²) in [7, 11) is 2.11. The van der Waals surface area contributed by atoms with Crippen LogP contribution in [-0.4, -0.2) is 64.4 Å². The lowest BCUT2D eigenvalue weighted by Crippen LogP contribution is -2.45. The van der Waals surface area contributed by atoms with E-state index in [1.807, 2.05) is 13.0 Å². The minimum Gasteiger partial charge on any atom is -0.375 e. The Morgan fingerprint density at radius 2 is 2.00 bits per heavy atom. The number of aromatic amines is 1. The molecule has 0 bridgehead atoms. The van der Waals surface area contributed by atoms with E-state index < -0.39 is 0 Å². The number of nitrogens with zero attached hydrogens (tertiary/aromatic N) is 4. The number of hydrogen-bond donors (Lipinski definition) is 1. The van der Waals surface area contributed by atoms with Crippen LogP contribution < -0.4 is 5.56 Å². The molecule has 1 N–H and O–H groups in total. The second kappa shape index (κ2) is 7.56. The molecule has 2 aliphatic rings. The van der Waals surface area contributed by atoms with Crippen LogP contribution in [0.3, 0.4) is 0 Å². The molecule has 2 aromatic rings. The molecule has 0 amide bonds. The number of rotatable bonds is 4. The SMILES string of the molecule is CCc1cc2ccc(CN3CCN(C4=CN(C)CC=C4)CC3)nc2[nH]c1=O. The number of hydrogen-bond acceptors (Lipinski definition) is 5. The highest BCUT2D eigenvalue weighted by Crippen LogP contribution is 2.17. The summed E-state index contributed by atoms with van der Waals surface area (Å²) in [4.78, 5) is 26.8. The summed E-state index contributed by atoms with van der Waals surface area (Å²) in [6, 6.07) is 6.09. The van der Waals surface area contributed by atoms with Crippen LogP contribution in [0, 0.1) is 0 Å². The van der Waals surface area contributed by atoms with Gasteiger partial charge in [0.05, 0.1) is 11.4 Å². The number of nitrogens with one attached hydrogen (secondary N) is 1. The van der Waals surface area contributed by atoms with Gasteiger partial charge in [-0.3, -0.25) is 9.69 Å². The number of aryl methyl sites for hydroxylation is 1. The summed E-state index contributed by atoms with van der Waals surface area (Å²) in [6.45, 7) is 7.87. The van der Waals surface area contributed by atoms with Crippen molar-refractivity contribution in [1.82, 2.24) is 24.7 Å². The van der Waals surface area contributed by atoms with Crippen molar-refractivity contribution in [3.05, 3.63) is 63.9 Å². The molecule has 0 aliphatic carbocycles. The highest BCUT2D eigenvalue weighted by molar-refractivity contribution is 5.75. The van der Waals surface area contributed by atoms with Crippen LogP contribution in [-0.2, 0) is 13.0 Å². The van der Waals surface area contributed by atoms with Gasteiger partial charge < -0.3 is 14.8 Å². The van der Waals surface area contributed by atoms with Crippen LogP contribution in [0.1, 0.15) is 18.2 Å². The van der Waals surface area contributed by atoms with Crippen LogP contribution in [0.4, 0.5) is 0 Å². The van der Waals surface area contributed by atoms with Gasteiger partial charge in [0, 0.05) is 63.5 Å². The molecular formula is C21H27N5O. The highest BCUT2D eigenvalue weighted by atomic mass is 16.1. The van der Waals surface area contributed by atoms with Gasteiger partial charge in [-0.15, -0.1) is 0 Å². The van der Waals surface area contributed by atoms with E-state index in [2.05, 4.69) is 62.2 Å². The molecule has 0 unspecified atom stereocenters. The second-order valence-corrected chi connectivity index (χ2v) is 7.38. The lowest BCUT2D eigenvalue weighted by atomic mass is 10.1. The maximum atomic E-state index is 12.0. The normalized spacial score (nSPS) is 18.2. The van der Waals surface area contributed by atoms with Gasteiger partial charge in [-0.2, -0.15) is 0 Å². The molecule has 4 rings (SSSR count). The number of piperazine rings is 1. The third kappa shape index (κ3) is 3.90. The van der Waals surface area contributed by atoms with Gasteiger partial charge in [0.25, 0.3) is 5.56 Å². The number of aromatic nitrogens is 2. The zero-order chi connectivity index (χ0) is 18.8. The first-order valence-corrected chi connectivity index (χ1v) is 9.70. The van der Waals surface area contributed by atoms with Crippen molar-refractivity contribution >= 4 is 11.0 Å². The third-order valence-corrected chi connectivity index (χ3v) is 5.38. The molecule has 6 heteroatoms. The lowest BCUT2D eigenvalue weighted by molar-refractivity contribution is 0.152. The first kappa shape index (κ1) is 17.8. The average molecular weight is 365 g/mol. The summed E-state index contributed by atoms with van der Waals surface area (Å²) < 4.78 is 0. The Kier molecular flexibility index (Phi) is 4.99. The molecule has 4 heterocycles. The number of fused-ring (bicyclic) bond motifs is 1. The van der Waals surface area contributed by atoms with Gasteiger partial charge in [-0.1, -0.05) is 13.0 Å². The second-order valence-electron chi connectivity index (χ2n) is 7.38. The van der Waals surface area contributed by atoms with Gasteiger partial charge in [0.2, 0.25) is 0 Å². The monoisotopic (exact) mass is 365 g/mol. The molecule has 2 aromatic heterocycles. The largest absolute Gasteiger partial charge is 0.375 e. The zero-order valence-electron chi connectivity index (χ0n) is 16.1. The molecule has 142 valence electrons. The Labute approximate surface area is 159 Å². The lowest BCUT2D eigenvalue weighted by Gasteiger charge is -2.37. The van der Waals surface area contributed by atoms with Gasteiger partial charge in [0.15, 0.2) is 0 Å². The Hall–Kier alpha value is -2.60. The molecule has 0 saturated carbocycles. The smallest absolute Gasteiger partial charge is 0.252 e. The molecule has 0 atom stereocenters. The summed E-state index contributed by atoms with van der Waals surface area (Å²) in [5, 5.41) is 1.00. The fourth-order valence-corrected chi connectivity index (χ4v) is 3.76. The van der Waals surface area contributed by atoms with Gasteiger partial charge >= 0.3 is 0 Å². The third-order valence-electron chi connectivity index (χ3n) is 5.38. The van der Waals surface area contributed by atoms with E-state index in [1.54, 1.807) is 0 Å². The minimum absolute atomic E-state index is 0.0259. The number of pyridine rings is 2. The van der Waals surface area contributed by atoms with E-state index in [4.69, 9.17) is 0 Å². The van der Waals surface area contributed by atoms with Crippen molar-refractivity contribution in [1.29, 1.82) is 0 Å². The molecule has 6 nitrogen and oxygen atoms in total. The van der Waals surface area contributed by atoms with Crippen molar-refractivity contribution in [2.45, 2.75) is 19.9 Å². The van der Waals surface area contributed by atoms with Crippen LogP contribution >= 0.6 is 0 Å². The van der Waals surface area contributed by atoms with E-state index in [9.17, 15) is 4.79 Å². The topological polar surface area (TPSA) is 55.5 Å². The fraction of sp³-hybridized carbons (Fsp3) is 0.429. The molecule has 2 aliphatic heterocycles. The van der Waals surface area contributed by atoms with E-state index in [0.29, 0.717) is 5.65 Å². The first-order valence-electron chi connectivity index (χ1n) is 9.70. The minimum atomic E-state index is -0.0259.